The van der Waals surface area contributed by atoms with Crippen LogP contribution in [-0.2, 0) is 0 Å². The minimum absolute atomic E-state index is 0.139. The van der Waals surface area contributed by atoms with Crippen molar-refractivity contribution in [2.75, 3.05) is 23.9 Å². The Balaban J connectivity index is 1.76. The SMILES string of the molecule is CSCCNC(=O)c1ccc(C)c(NC(=O)c2cc3ccccc3[nH]2)c1. The van der Waals surface area contributed by atoms with E-state index >= 15 is 0 Å². The van der Waals surface area contributed by atoms with Gasteiger partial charge in [-0.1, -0.05) is 24.3 Å². The summed E-state index contributed by atoms with van der Waals surface area (Å²) in [6.07, 6.45) is 2.00. The first-order chi connectivity index (χ1) is 12.6. The van der Waals surface area contributed by atoms with E-state index < -0.39 is 0 Å². The third kappa shape index (κ3) is 4.08. The van der Waals surface area contributed by atoms with Gasteiger partial charge in [0.25, 0.3) is 11.8 Å². The van der Waals surface area contributed by atoms with E-state index in [4.69, 9.17) is 0 Å². The van der Waals surface area contributed by atoms with Gasteiger partial charge in [-0.25, -0.2) is 0 Å². The van der Waals surface area contributed by atoms with Gasteiger partial charge in [0.15, 0.2) is 0 Å². The van der Waals surface area contributed by atoms with Crippen LogP contribution in [0.1, 0.15) is 26.4 Å². The molecule has 0 spiro atoms. The number of aromatic nitrogens is 1. The van der Waals surface area contributed by atoms with Crippen molar-refractivity contribution in [1.82, 2.24) is 10.3 Å². The Morgan fingerprint density at radius 2 is 1.88 bits per heavy atom. The molecule has 0 saturated heterocycles. The molecule has 2 amide bonds. The predicted octanol–water partition coefficient (Wildman–Crippen LogP) is 3.82. The molecule has 26 heavy (non-hydrogen) atoms. The van der Waals surface area contributed by atoms with Crippen LogP contribution >= 0.6 is 11.8 Å². The minimum Gasteiger partial charge on any atom is -0.351 e. The van der Waals surface area contributed by atoms with E-state index in [1.165, 1.54) is 0 Å². The summed E-state index contributed by atoms with van der Waals surface area (Å²) in [6.45, 7) is 2.51. The largest absolute Gasteiger partial charge is 0.351 e. The molecule has 1 aromatic heterocycles. The number of amides is 2. The first kappa shape index (κ1) is 18.1. The molecule has 3 rings (SSSR count). The smallest absolute Gasteiger partial charge is 0.272 e. The zero-order valence-electron chi connectivity index (χ0n) is 14.8. The molecule has 0 aliphatic carbocycles. The molecular formula is C20H21N3O2S. The Morgan fingerprint density at radius 1 is 1.08 bits per heavy atom. The van der Waals surface area contributed by atoms with Crippen LogP contribution in [0.3, 0.4) is 0 Å². The lowest BCUT2D eigenvalue weighted by Gasteiger charge is -2.10. The highest BCUT2D eigenvalue weighted by molar-refractivity contribution is 7.98. The van der Waals surface area contributed by atoms with Crippen molar-refractivity contribution >= 4 is 40.2 Å². The number of para-hydroxylation sites is 1. The van der Waals surface area contributed by atoms with Crippen LogP contribution in [-0.4, -0.2) is 35.4 Å². The third-order valence-electron chi connectivity index (χ3n) is 4.11. The van der Waals surface area contributed by atoms with Gasteiger partial charge in [0, 0.05) is 34.5 Å². The van der Waals surface area contributed by atoms with Crippen molar-refractivity contribution in [2.45, 2.75) is 6.92 Å². The van der Waals surface area contributed by atoms with Crippen molar-refractivity contribution in [3.8, 4) is 0 Å². The van der Waals surface area contributed by atoms with E-state index in [-0.39, 0.29) is 11.8 Å². The highest BCUT2D eigenvalue weighted by Gasteiger charge is 2.13. The number of fused-ring (bicyclic) bond motifs is 1. The summed E-state index contributed by atoms with van der Waals surface area (Å²) >= 11 is 1.68. The summed E-state index contributed by atoms with van der Waals surface area (Å²) in [5.74, 6) is 0.492. The Hall–Kier alpha value is -2.73. The number of aryl methyl sites for hydroxylation is 1. The Morgan fingerprint density at radius 3 is 2.65 bits per heavy atom. The molecule has 3 N–H and O–H groups in total. The molecule has 1 heterocycles. The van der Waals surface area contributed by atoms with Crippen LogP contribution in [0.15, 0.2) is 48.5 Å². The highest BCUT2D eigenvalue weighted by Crippen LogP contribution is 2.20. The number of carbonyl (C=O) groups is 2. The summed E-state index contributed by atoms with van der Waals surface area (Å²) in [6, 6.07) is 14.9. The molecule has 2 aromatic carbocycles. The quantitative estimate of drug-likeness (QED) is 0.580. The maximum atomic E-state index is 12.6. The number of benzene rings is 2. The lowest BCUT2D eigenvalue weighted by molar-refractivity contribution is 0.0954. The Kier molecular flexibility index (Phi) is 5.63. The van der Waals surface area contributed by atoms with Gasteiger partial charge in [-0.2, -0.15) is 11.8 Å². The van der Waals surface area contributed by atoms with Gasteiger partial charge < -0.3 is 15.6 Å². The summed E-state index contributed by atoms with van der Waals surface area (Å²) in [5.41, 5.74) is 3.46. The monoisotopic (exact) mass is 367 g/mol. The number of hydrogen-bond acceptors (Lipinski definition) is 3. The number of aromatic amines is 1. The zero-order valence-corrected chi connectivity index (χ0v) is 15.6. The van der Waals surface area contributed by atoms with Crippen LogP contribution in [0.4, 0.5) is 5.69 Å². The molecule has 0 aliphatic heterocycles. The molecule has 0 fully saturated rings. The predicted molar refractivity (Wildman–Crippen MR) is 108 cm³/mol. The number of H-pyrrole nitrogens is 1. The van der Waals surface area contributed by atoms with Gasteiger partial charge in [0.05, 0.1) is 0 Å². The minimum atomic E-state index is -0.232. The second kappa shape index (κ2) is 8.10. The Bertz CT molecular complexity index is 916. The molecule has 0 aliphatic rings. The number of hydrogen-bond donors (Lipinski definition) is 3. The highest BCUT2D eigenvalue weighted by atomic mass is 32.2. The summed E-state index contributed by atoms with van der Waals surface area (Å²) in [7, 11) is 0. The number of carbonyl (C=O) groups excluding carboxylic acids is 2. The molecule has 0 saturated carbocycles. The molecular weight excluding hydrogens is 346 g/mol. The maximum Gasteiger partial charge on any atom is 0.272 e. The normalized spacial score (nSPS) is 10.7. The first-order valence-electron chi connectivity index (χ1n) is 8.35. The van der Waals surface area contributed by atoms with Crippen molar-refractivity contribution in [3.05, 3.63) is 65.4 Å². The molecule has 3 aromatic rings. The molecule has 5 nitrogen and oxygen atoms in total. The number of nitrogens with one attached hydrogen (secondary N) is 3. The fraction of sp³-hybridized carbons (Fsp3) is 0.200. The molecule has 0 radical (unpaired) electrons. The van der Waals surface area contributed by atoms with E-state index in [1.54, 1.807) is 23.9 Å². The van der Waals surface area contributed by atoms with Gasteiger partial charge in [-0.15, -0.1) is 0 Å². The number of anilines is 1. The van der Waals surface area contributed by atoms with Gasteiger partial charge >= 0.3 is 0 Å². The number of rotatable bonds is 6. The van der Waals surface area contributed by atoms with Crippen LogP contribution in [0.5, 0.6) is 0 Å². The number of thioether (sulfide) groups is 1. The zero-order chi connectivity index (χ0) is 18.5. The van der Waals surface area contributed by atoms with Crippen molar-refractivity contribution < 1.29 is 9.59 Å². The van der Waals surface area contributed by atoms with Crippen LogP contribution in [0.25, 0.3) is 10.9 Å². The van der Waals surface area contributed by atoms with E-state index in [2.05, 4.69) is 15.6 Å². The topological polar surface area (TPSA) is 74.0 Å². The van der Waals surface area contributed by atoms with Gasteiger partial charge in [-0.3, -0.25) is 9.59 Å². The van der Waals surface area contributed by atoms with Crippen molar-refractivity contribution in [2.24, 2.45) is 0 Å². The van der Waals surface area contributed by atoms with E-state index in [0.717, 1.165) is 22.2 Å². The van der Waals surface area contributed by atoms with Crippen LogP contribution < -0.4 is 10.6 Å². The first-order valence-corrected chi connectivity index (χ1v) is 9.75. The molecule has 134 valence electrons. The lowest BCUT2D eigenvalue weighted by atomic mass is 10.1. The van der Waals surface area contributed by atoms with Gasteiger partial charge in [0.2, 0.25) is 0 Å². The summed E-state index contributed by atoms with van der Waals surface area (Å²) in [5, 5.41) is 6.75. The second-order valence-corrected chi connectivity index (χ2v) is 6.99. The van der Waals surface area contributed by atoms with Gasteiger partial charge in [0.1, 0.15) is 5.69 Å². The average molecular weight is 367 g/mol. The lowest BCUT2D eigenvalue weighted by Crippen LogP contribution is -2.26. The fourth-order valence-electron chi connectivity index (χ4n) is 2.65. The average Bonchev–Trinajstić information content (AvgIpc) is 3.08. The molecule has 0 unspecified atom stereocenters. The summed E-state index contributed by atoms with van der Waals surface area (Å²) in [4.78, 5) is 27.9. The fourth-order valence-corrected chi connectivity index (χ4v) is 2.96. The second-order valence-electron chi connectivity index (χ2n) is 6.00. The van der Waals surface area contributed by atoms with E-state index in [1.807, 2.05) is 49.6 Å². The standard InChI is InChI=1S/C20H21N3O2S/c1-13-7-8-15(19(24)21-9-10-26-2)12-17(13)23-20(25)18-11-14-5-3-4-6-16(14)22-18/h3-8,11-12,22H,9-10H2,1-2H3,(H,21,24)(H,23,25). The third-order valence-corrected chi connectivity index (χ3v) is 4.73. The molecule has 0 atom stereocenters. The van der Waals surface area contributed by atoms with Crippen molar-refractivity contribution in [3.63, 3.8) is 0 Å². The van der Waals surface area contributed by atoms with E-state index in [9.17, 15) is 9.59 Å². The Labute approximate surface area is 156 Å². The summed E-state index contributed by atoms with van der Waals surface area (Å²) < 4.78 is 0. The maximum absolute atomic E-state index is 12.6. The van der Waals surface area contributed by atoms with Crippen LogP contribution in [0.2, 0.25) is 0 Å². The van der Waals surface area contributed by atoms with Crippen LogP contribution in [0, 0.1) is 6.92 Å². The van der Waals surface area contributed by atoms with Crippen molar-refractivity contribution in [1.29, 1.82) is 0 Å². The molecule has 0 bridgehead atoms. The van der Waals surface area contributed by atoms with E-state index in [0.29, 0.717) is 23.5 Å². The molecule has 6 heteroatoms. The van der Waals surface area contributed by atoms with Gasteiger partial charge in [-0.05, 0) is 43.0 Å².